The first-order chi connectivity index (χ1) is 11.2. The van der Waals surface area contributed by atoms with E-state index in [0.29, 0.717) is 16.9 Å². The van der Waals surface area contributed by atoms with Crippen LogP contribution in [0, 0.1) is 11.3 Å². The van der Waals surface area contributed by atoms with Crippen molar-refractivity contribution in [1.29, 1.82) is 5.26 Å². The molecule has 8 heteroatoms. The quantitative estimate of drug-likeness (QED) is 0.748. The van der Waals surface area contributed by atoms with E-state index < -0.39 is 29.7 Å². The Morgan fingerprint density at radius 1 is 1.46 bits per heavy atom. The lowest BCUT2D eigenvalue weighted by Gasteiger charge is -2.45. The smallest absolute Gasteiger partial charge is 0.425 e. The van der Waals surface area contributed by atoms with Gasteiger partial charge in [0.2, 0.25) is 5.91 Å². The van der Waals surface area contributed by atoms with Gasteiger partial charge >= 0.3 is 6.09 Å². The zero-order chi connectivity index (χ0) is 18.1. The zero-order valence-corrected chi connectivity index (χ0v) is 13.9. The van der Waals surface area contributed by atoms with Crippen molar-refractivity contribution in [2.24, 2.45) is 0 Å². The summed E-state index contributed by atoms with van der Waals surface area (Å²) in [4.78, 5) is 23.6. The number of aliphatic hydroxyl groups is 1. The Labute approximate surface area is 139 Å². The summed E-state index contributed by atoms with van der Waals surface area (Å²) in [6, 6.07) is 5.77. The van der Waals surface area contributed by atoms with Gasteiger partial charge in [0, 0.05) is 12.5 Å². The number of aliphatic hydroxyl groups excluding tert-OH is 1. The Kier molecular flexibility index (Phi) is 4.66. The number of rotatable bonds is 1. The second kappa shape index (κ2) is 6.37. The summed E-state index contributed by atoms with van der Waals surface area (Å²) < 4.78 is 10.3. The van der Waals surface area contributed by atoms with Crippen LogP contribution in [0.25, 0.3) is 0 Å². The van der Waals surface area contributed by atoms with Crippen LogP contribution >= 0.6 is 0 Å². The summed E-state index contributed by atoms with van der Waals surface area (Å²) >= 11 is 0. The number of nitriles is 1. The molecule has 0 aromatic heterocycles. The van der Waals surface area contributed by atoms with Gasteiger partial charge in [0.05, 0.1) is 18.7 Å². The number of methoxy groups -OCH3 is 1. The van der Waals surface area contributed by atoms with Crippen molar-refractivity contribution in [1.82, 2.24) is 10.4 Å². The fraction of sp³-hybridized carbons (Fsp3) is 0.438. The first-order valence-electron chi connectivity index (χ1n) is 7.26. The van der Waals surface area contributed by atoms with E-state index >= 15 is 0 Å². The first-order valence-corrected chi connectivity index (χ1v) is 7.26. The Balaban J connectivity index is 2.58. The fourth-order valence-corrected chi connectivity index (χ4v) is 2.60. The van der Waals surface area contributed by atoms with Gasteiger partial charge in [-0.2, -0.15) is 5.26 Å². The highest BCUT2D eigenvalue weighted by Gasteiger charge is 2.47. The highest BCUT2D eigenvalue weighted by Crippen LogP contribution is 2.42. The van der Waals surface area contributed by atoms with Crippen molar-refractivity contribution in [3.63, 3.8) is 0 Å². The van der Waals surface area contributed by atoms with Crippen LogP contribution in [-0.2, 0) is 9.53 Å². The number of fused-ring (bicyclic) bond motifs is 1. The summed E-state index contributed by atoms with van der Waals surface area (Å²) in [7, 11) is 1.17. The molecular formula is C16H19N3O5. The normalized spacial score (nSPS) is 20.8. The number of carbonyl (C=O) groups is 2. The average molecular weight is 333 g/mol. The lowest BCUT2D eigenvalue weighted by atomic mass is 9.85. The van der Waals surface area contributed by atoms with Crippen molar-refractivity contribution in [3.8, 4) is 11.8 Å². The van der Waals surface area contributed by atoms with Crippen LogP contribution in [0.3, 0.4) is 0 Å². The minimum Gasteiger partial charge on any atom is -0.485 e. The largest absolute Gasteiger partial charge is 0.485 e. The van der Waals surface area contributed by atoms with E-state index in [1.165, 1.54) is 20.1 Å². The number of nitrogens with one attached hydrogen (secondary N) is 1. The molecule has 1 aliphatic rings. The highest BCUT2D eigenvalue weighted by atomic mass is 16.5. The number of hydrazine groups is 1. The van der Waals surface area contributed by atoms with E-state index in [0.717, 1.165) is 5.01 Å². The van der Waals surface area contributed by atoms with Crippen molar-refractivity contribution < 1.29 is 24.2 Å². The summed E-state index contributed by atoms with van der Waals surface area (Å²) in [5.74, 6) is -0.0809. The molecule has 2 rings (SSSR count). The van der Waals surface area contributed by atoms with Crippen LogP contribution in [0.4, 0.5) is 4.79 Å². The predicted molar refractivity (Wildman–Crippen MR) is 82.7 cm³/mol. The molecule has 0 bridgehead atoms. The van der Waals surface area contributed by atoms with Crippen LogP contribution in [0.1, 0.15) is 37.9 Å². The van der Waals surface area contributed by atoms with E-state index in [2.05, 4.69) is 10.2 Å². The molecule has 0 aliphatic carbocycles. The number of amides is 2. The summed E-state index contributed by atoms with van der Waals surface area (Å²) in [6.07, 6.45) is -2.00. The van der Waals surface area contributed by atoms with Crippen LogP contribution < -0.4 is 10.2 Å². The Morgan fingerprint density at radius 3 is 2.67 bits per heavy atom. The number of carbonyl (C=O) groups excluding carboxylic acids is 2. The van der Waals surface area contributed by atoms with E-state index in [1.54, 1.807) is 26.0 Å². The molecule has 1 aliphatic heterocycles. The van der Waals surface area contributed by atoms with Gasteiger partial charge in [-0.3, -0.25) is 4.79 Å². The van der Waals surface area contributed by atoms with Gasteiger partial charge in [0.1, 0.15) is 23.5 Å². The van der Waals surface area contributed by atoms with Gasteiger partial charge in [-0.05, 0) is 32.0 Å². The van der Waals surface area contributed by atoms with Gasteiger partial charge in [0.25, 0.3) is 0 Å². The average Bonchev–Trinajstić information content (AvgIpc) is 2.53. The van der Waals surface area contributed by atoms with Gasteiger partial charge in [-0.1, -0.05) is 0 Å². The lowest BCUT2D eigenvalue weighted by Crippen LogP contribution is -2.58. The maximum absolute atomic E-state index is 12.1. The van der Waals surface area contributed by atoms with Gasteiger partial charge in [0.15, 0.2) is 0 Å². The molecule has 2 amide bonds. The summed E-state index contributed by atoms with van der Waals surface area (Å²) in [6.45, 7) is 4.59. The fourth-order valence-electron chi connectivity index (χ4n) is 2.60. The van der Waals surface area contributed by atoms with Crippen molar-refractivity contribution in [2.75, 3.05) is 7.11 Å². The second-order valence-corrected chi connectivity index (χ2v) is 5.95. The van der Waals surface area contributed by atoms with Gasteiger partial charge in [-0.25, -0.2) is 15.2 Å². The number of hydrogen-bond donors (Lipinski definition) is 2. The molecule has 8 nitrogen and oxygen atoms in total. The maximum Gasteiger partial charge on any atom is 0.425 e. The van der Waals surface area contributed by atoms with Crippen LogP contribution in [0.15, 0.2) is 18.2 Å². The van der Waals surface area contributed by atoms with Crippen molar-refractivity contribution in [2.45, 2.75) is 38.5 Å². The van der Waals surface area contributed by atoms with Crippen LogP contribution in [-0.4, -0.2) is 40.9 Å². The van der Waals surface area contributed by atoms with Crippen LogP contribution in [0.2, 0.25) is 0 Å². The van der Waals surface area contributed by atoms with Gasteiger partial charge in [-0.15, -0.1) is 0 Å². The van der Waals surface area contributed by atoms with Gasteiger partial charge < -0.3 is 14.6 Å². The third-order valence-electron chi connectivity index (χ3n) is 3.86. The molecule has 128 valence electrons. The number of hydrogen-bond acceptors (Lipinski definition) is 6. The number of ether oxygens (including phenoxy) is 2. The molecule has 0 unspecified atom stereocenters. The third-order valence-corrected chi connectivity index (χ3v) is 3.86. The van der Waals surface area contributed by atoms with Crippen molar-refractivity contribution in [3.05, 3.63) is 29.3 Å². The molecule has 1 aromatic rings. The standard InChI is InChI=1S/C16H19N3O5/c1-9(20)19(18-15(22)23-4)13-11-7-10(8-17)5-6-12(11)24-16(2,3)14(13)21/h5-7,13-14,21H,1-4H3,(H,18,22)/t13-,14+/m1/s1. The molecule has 0 saturated heterocycles. The van der Waals surface area contributed by atoms with E-state index in [1.807, 2.05) is 6.07 Å². The highest BCUT2D eigenvalue weighted by molar-refractivity contribution is 5.78. The molecule has 2 atom stereocenters. The molecule has 0 spiro atoms. The van der Waals surface area contributed by atoms with E-state index in [4.69, 9.17) is 10.00 Å². The SMILES string of the molecule is COC(=O)NN(C(C)=O)[C@@H]1c2cc(C#N)ccc2OC(C)(C)[C@H]1O. The summed E-state index contributed by atoms with van der Waals surface area (Å²) in [5.41, 5.74) is 2.06. The number of nitrogens with zero attached hydrogens (tertiary/aromatic N) is 2. The molecule has 2 N–H and O–H groups in total. The summed E-state index contributed by atoms with van der Waals surface area (Å²) in [5, 5.41) is 20.8. The maximum atomic E-state index is 12.1. The predicted octanol–water partition coefficient (Wildman–Crippen LogP) is 1.25. The molecule has 1 aromatic carbocycles. The molecule has 0 fully saturated rings. The lowest BCUT2D eigenvalue weighted by molar-refractivity contribution is -0.147. The minimum absolute atomic E-state index is 0.343. The van der Waals surface area contributed by atoms with Crippen molar-refractivity contribution >= 4 is 12.0 Å². The van der Waals surface area contributed by atoms with E-state index in [9.17, 15) is 14.7 Å². The Hall–Kier alpha value is -2.79. The Bertz CT molecular complexity index is 710. The third kappa shape index (κ3) is 3.12. The van der Waals surface area contributed by atoms with Crippen LogP contribution in [0.5, 0.6) is 5.75 Å². The molecule has 0 saturated carbocycles. The Morgan fingerprint density at radius 2 is 2.12 bits per heavy atom. The topological polar surface area (TPSA) is 112 Å². The molecule has 24 heavy (non-hydrogen) atoms. The first kappa shape index (κ1) is 17.6. The minimum atomic E-state index is -1.15. The molecule has 1 heterocycles. The monoisotopic (exact) mass is 333 g/mol. The molecule has 0 radical (unpaired) electrons. The second-order valence-electron chi connectivity index (χ2n) is 5.95. The number of benzene rings is 1. The zero-order valence-electron chi connectivity index (χ0n) is 13.9. The molecular weight excluding hydrogens is 314 g/mol. The van der Waals surface area contributed by atoms with E-state index in [-0.39, 0.29) is 0 Å².